The zero-order valence-corrected chi connectivity index (χ0v) is 16.3. The Kier molecular flexibility index (Phi) is 5.19. The zero-order valence-electron chi connectivity index (χ0n) is 15.5. The second-order valence-electron chi connectivity index (χ2n) is 6.82. The van der Waals surface area contributed by atoms with E-state index in [9.17, 15) is 8.42 Å². The van der Waals surface area contributed by atoms with Crippen LogP contribution in [0, 0.1) is 6.92 Å². The Morgan fingerprint density at radius 1 is 1.18 bits per heavy atom. The minimum atomic E-state index is -3.44. The summed E-state index contributed by atoms with van der Waals surface area (Å²) in [4.78, 5) is 8.19. The van der Waals surface area contributed by atoms with Crippen LogP contribution >= 0.6 is 0 Å². The Balaban J connectivity index is 1.51. The van der Waals surface area contributed by atoms with Crippen LogP contribution in [0.25, 0.3) is 11.5 Å². The molecule has 28 heavy (non-hydrogen) atoms. The highest BCUT2D eigenvalue weighted by atomic mass is 32.2. The first-order valence-electron chi connectivity index (χ1n) is 9.18. The largest absolute Gasteiger partial charge is 0.419 e. The molecule has 1 fully saturated rings. The maximum Gasteiger partial charge on any atom is 0.249 e. The summed E-state index contributed by atoms with van der Waals surface area (Å²) >= 11 is 0. The summed E-state index contributed by atoms with van der Waals surface area (Å²) < 4.78 is 33.1. The summed E-state index contributed by atoms with van der Waals surface area (Å²) in [7, 11) is -3.44. The number of hydrogen-bond donors (Lipinski definition) is 0. The molecule has 146 valence electrons. The van der Waals surface area contributed by atoms with Crippen molar-refractivity contribution in [1.82, 2.24) is 24.5 Å². The van der Waals surface area contributed by atoms with Gasteiger partial charge in [0.15, 0.2) is 0 Å². The third-order valence-corrected chi connectivity index (χ3v) is 6.71. The number of hydrogen-bond acceptors (Lipinski definition) is 7. The molecule has 0 radical (unpaired) electrons. The van der Waals surface area contributed by atoms with Gasteiger partial charge in [-0.15, -0.1) is 10.2 Å². The van der Waals surface area contributed by atoms with Gasteiger partial charge >= 0.3 is 0 Å². The number of sulfonamides is 1. The summed E-state index contributed by atoms with van der Waals surface area (Å²) in [5.41, 5.74) is 2.56. The summed E-state index contributed by atoms with van der Waals surface area (Å²) in [6, 6.07) is 6.97. The number of aromatic nitrogens is 4. The first-order valence-corrected chi connectivity index (χ1v) is 10.8. The molecule has 3 aromatic heterocycles. The average Bonchev–Trinajstić information content (AvgIpc) is 3.37. The van der Waals surface area contributed by atoms with Gasteiger partial charge in [0.25, 0.3) is 0 Å². The van der Waals surface area contributed by atoms with E-state index in [-0.39, 0.29) is 5.75 Å². The van der Waals surface area contributed by atoms with Crippen LogP contribution in [0.2, 0.25) is 0 Å². The molecule has 4 heterocycles. The third-order valence-electron chi connectivity index (χ3n) is 4.84. The highest BCUT2D eigenvalue weighted by Crippen LogP contribution is 2.35. The first-order chi connectivity index (χ1) is 13.5. The molecule has 0 spiro atoms. The van der Waals surface area contributed by atoms with Gasteiger partial charge in [-0.1, -0.05) is 0 Å². The first kappa shape index (κ1) is 18.7. The lowest BCUT2D eigenvalue weighted by Crippen LogP contribution is -2.33. The standard InChI is InChI=1S/C19H21N5O3S/c1-14-4-5-16(13-21-14)18-22-23-19(27-18)17-3-2-11-24(17)28(25,26)12-8-15-6-9-20-10-7-15/h4-7,9-10,13,17H,2-3,8,11-12H2,1H3. The number of nitrogens with zero attached hydrogens (tertiary/aromatic N) is 5. The Morgan fingerprint density at radius 2 is 2.00 bits per heavy atom. The third kappa shape index (κ3) is 3.95. The number of aryl methyl sites for hydroxylation is 2. The van der Waals surface area contributed by atoms with Crippen molar-refractivity contribution in [2.45, 2.75) is 32.2 Å². The van der Waals surface area contributed by atoms with E-state index in [1.165, 1.54) is 4.31 Å². The molecule has 1 aliphatic heterocycles. The predicted octanol–water partition coefficient (Wildman–Crippen LogP) is 2.54. The fourth-order valence-corrected chi connectivity index (χ4v) is 5.03. The van der Waals surface area contributed by atoms with Crippen molar-refractivity contribution in [3.63, 3.8) is 0 Å². The molecule has 0 amide bonds. The molecule has 1 saturated heterocycles. The summed E-state index contributed by atoms with van der Waals surface area (Å²) in [6.45, 7) is 2.36. The molecular weight excluding hydrogens is 378 g/mol. The van der Waals surface area contributed by atoms with Gasteiger partial charge in [-0.05, 0) is 56.0 Å². The van der Waals surface area contributed by atoms with Crippen LogP contribution in [-0.4, -0.2) is 45.2 Å². The quantitative estimate of drug-likeness (QED) is 0.627. The van der Waals surface area contributed by atoms with Gasteiger partial charge < -0.3 is 4.42 Å². The van der Waals surface area contributed by atoms with Crippen LogP contribution in [0.15, 0.2) is 47.3 Å². The highest BCUT2D eigenvalue weighted by Gasteiger charge is 2.38. The second kappa shape index (κ2) is 7.76. The van der Waals surface area contributed by atoms with Crippen LogP contribution in [0.4, 0.5) is 0 Å². The number of pyridine rings is 2. The average molecular weight is 399 g/mol. The lowest BCUT2D eigenvalue weighted by Gasteiger charge is -2.21. The minimum Gasteiger partial charge on any atom is -0.419 e. The highest BCUT2D eigenvalue weighted by molar-refractivity contribution is 7.89. The Morgan fingerprint density at radius 3 is 2.75 bits per heavy atom. The fraction of sp³-hybridized carbons (Fsp3) is 0.368. The van der Waals surface area contributed by atoms with Crippen LogP contribution in [0.3, 0.4) is 0 Å². The maximum absolute atomic E-state index is 12.9. The number of rotatable bonds is 6. The fourth-order valence-electron chi connectivity index (χ4n) is 3.31. The van der Waals surface area contributed by atoms with Crippen LogP contribution in [-0.2, 0) is 16.4 Å². The van der Waals surface area contributed by atoms with Gasteiger partial charge in [0.1, 0.15) is 6.04 Å². The van der Waals surface area contributed by atoms with E-state index in [1.54, 1.807) is 18.6 Å². The minimum absolute atomic E-state index is 0.0381. The lowest BCUT2D eigenvalue weighted by atomic mass is 10.2. The van der Waals surface area contributed by atoms with E-state index >= 15 is 0 Å². The Labute approximate surface area is 163 Å². The van der Waals surface area contributed by atoms with Gasteiger partial charge in [-0.3, -0.25) is 9.97 Å². The van der Waals surface area contributed by atoms with E-state index in [4.69, 9.17) is 4.42 Å². The molecule has 0 aromatic carbocycles. The van der Waals surface area contributed by atoms with Crippen molar-refractivity contribution in [2.24, 2.45) is 0 Å². The molecule has 1 aliphatic rings. The van der Waals surface area contributed by atoms with Gasteiger partial charge in [0.2, 0.25) is 21.8 Å². The van der Waals surface area contributed by atoms with Crippen molar-refractivity contribution in [2.75, 3.05) is 12.3 Å². The molecular formula is C19H21N5O3S. The lowest BCUT2D eigenvalue weighted by molar-refractivity contribution is 0.332. The molecule has 1 atom stereocenters. The molecule has 3 aromatic rings. The predicted molar refractivity (Wildman–Crippen MR) is 103 cm³/mol. The van der Waals surface area contributed by atoms with Crippen LogP contribution < -0.4 is 0 Å². The van der Waals surface area contributed by atoms with Crippen molar-refractivity contribution in [1.29, 1.82) is 0 Å². The van der Waals surface area contributed by atoms with Gasteiger partial charge in [0.05, 0.1) is 11.3 Å². The second-order valence-corrected chi connectivity index (χ2v) is 8.87. The topological polar surface area (TPSA) is 102 Å². The van der Waals surface area contributed by atoms with Crippen molar-refractivity contribution in [3.8, 4) is 11.5 Å². The normalized spacial score (nSPS) is 17.8. The van der Waals surface area contributed by atoms with Crippen LogP contribution in [0.1, 0.15) is 36.0 Å². The molecule has 0 aliphatic carbocycles. The van der Waals surface area contributed by atoms with Gasteiger partial charge in [-0.25, -0.2) is 8.42 Å². The SMILES string of the molecule is Cc1ccc(-c2nnc(C3CCCN3S(=O)(=O)CCc3ccncc3)o2)cn1. The van der Waals surface area contributed by atoms with Gasteiger partial charge in [0, 0.05) is 30.8 Å². The maximum atomic E-state index is 12.9. The molecule has 0 saturated carbocycles. The van der Waals surface area contributed by atoms with Crippen molar-refractivity contribution >= 4 is 10.0 Å². The van der Waals surface area contributed by atoms with Crippen molar-refractivity contribution in [3.05, 3.63) is 60.0 Å². The van der Waals surface area contributed by atoms with Gasteiger partial charge in [-0.2, -0.15) is 4.31 Å². The van der Waals surface area contributed by atoms with Crippen molar-refractivity contribution < 1.29 is 12.8 Å². The molecule has 8 nitrogen and oxygen atoms in total. The zero-order chi connectivity index (χ0) is 19.6. The van der Waals surface area contributed by atoms with E-state index in [2.05, 4.69) is 20.2 Å². The van der Waals surface area contributed by atoms with E-state index in [0.29, 0.717) is 31.2 Å². The molecule has 4 rings (SSSR count). The van der Waals surface area contributed by atoms with Crippen LogP contribution in [0.5, 0.6) is 0 Å². The Bertz CT molecular complexity index is 1030. The Hall–Kier alpha value is -2.65. The summed E-state index contributed by atoms with van der Waals surface area (Å²) in [5, 5.41) is 8.21. The monoisotopic (exact) mass is 399 g/mol. The molecule has 0 N–H and O–H groups in total. The molecule has 0 bridgehead atoms. The smallest absolute Gasteiger partial charge is 0.249 e. The molecule has 9 heteroatoms. The van der Waals surface area contributed by atoms with E-state index < -0.39 is 16.1 Å². The molecule has 1 unspecified atom stereocenters. The van der Waals surface area contributed by atoms with E-state index in [1.807, 2.05) is 31.2 Å². The van der Waals surface area contributed by atoms with E-state index in [0.717, 1.165) is 23.2 Å². The summed E-state index contributed by atoms with van der Waals surface area (Å²) in [6.07, 6.45) is 6.88. The summed E-state index contributed by atoms with van der Waals surface area (Å²) in [5.74, 6) is 0.722.